The number of hydrogen-bond donors (Lipinski definition) is 2. The van der Waals surface area contributed by atoms with Gasteiger partial charge in [0.05, 0.1) is 39.9 Å². The fraction of sp³-hybridized carbons (Fsp3) is 0.893. The van der Waals surface area contributed by atoms with Crippen LogP contribution in [-0.2, 0) is 18.4 Å². The highest BCUT2D eigenvalue weighted by atomic mass is 31.2. The molecule has 0 saturated carbocycles. The van der Waals surface area contributed by atoms with E-state index in [0.717, 1.165) is 44.9 Å². The number of aliphatic hydroxyl groups is 1. The van der Waals surface area contributed by atoms with Crippen LogP contribution in [0.1, 0.15) is 431 Å². The van der Waals surface area contributed by atoms with Crippen LogP contribution in [0.3, 0.4) is 0 Å². The third-order valence-electron chi connectivity index (χ3n) is 19.2. The molecule has 0 fully saturated rings. The van der Waals surface area contributed by atoms with Crippen LogP contribution in [0.4, 0.5) is 0 Å². The number of nitrogens with one attached hydrogen (secondary N) is 1. The molecule has 3 unspecified atom stereocenters. The molecule has 9 heteroatoms. The zero-order valence-electron chi connectivity index (χ0n) is 63.2. The molecule has 0 aromatic rings. The number of phosphoric acid groups is 1. The zero-order chi connectivity index (χ0) is 67.6. The van der Waals surface area contributed by atoms with Crippen molar-refractivity contribution in [2.45, 2.75) is 443 Å². The number of phosphoric ester groups is 1. The Morgan fingerprint density at radius 1 is 0.366 bits per heavy atom. The number of unbranched alkanes of at least 4 members (excludes halogenated alkanes) is 59. The first-order valence-corrected chi connectivity index (χ1v) is 43.0. The van der Waals surface area contributed by atoms with Crippen molar-refractivity contribution >= 4 is 13.7 Å². The van der Waals surface area contributed by atoms with E-state index < -0.39 is 26.6 Å². The summed E-state index contributed by atoms with van der Waals surface area (Å²) in [4.78, 5) is 25.7. The number of quaternary nitrogens is 1. The molecule has 0 aromatic heterocycles. The van der Waals surface area contributed by atoms with Gasteiger partial charge in [0, 0.05) is 6.42 Å². The monoisotopic (exact) mass is 1330 g/mol. The van der Waals surface area contributed by atoms with Crippen molar-refractivity contribution < 1.29 is 32.9 Å². The first-order valence-electron chi connectivity index (χ1n) is 41.5. The van der Waals surface area contributed by atoms with Crippen molar-refractivity contribution in [3.63, 3.8) is 0 Å². The maximum Gasteiger partial charge on any atom is 0.268 e. The predicted octanol–water partition coefficient (Wildman–Crippen LogP) is 26.7. The van der Waals surface area contributed by atoms with Gasteiger partial charge in [0.1, 0.15) is 13.2 Å². The van der Waals surface area contributed by atoms with E-state index in [0.29, 0.717) is 17.4 Å². The molecule has 0 saturated heterocycles. The van der Waals surface area contributed by atoms with Crippen LogP contribution in [0.2, 0.25) is 0 Å². The molecular formula is C84H163N2O6P. The maximum atomic E-state index is 13.1. The SMILES string of the molecule is CCCCCCCCCC/C=C\CCCCCCCCCCCCCCCCCCCCCCCCCCCCCCCC(=O)NC(COP(=O)([O-])OCC[N+](C)(C)C)C(O)/C=C/CC/C=C/CC/C=C/CCCCCCCCCCCCCCCCCCCCCC. The summed E-state index contributed by atoms with van der Waals surface area (Å²) in [5.41, 5.74) is 0. The van der Waals surface area contributed by atoms with Crippen LogP contribution in [0.25, 0.3) is 0 Å². The Hall–Kier alpha value is -1.54. The third-order valence-corrected chi connectivity index (χ3v) is 20.2. The second-order valence-corrected chi connectivity index (χ2v) is 31.2. The lowest BCUT2D eigenvalue weighted by Gasteiger charge is -2.29. The van der Waals surface area contributed by atoms with Crippen molar-refractivity contribution in [2.75, 3.05) is 40.9 Å². The summed E-state index contributed by atoms with van der Waals surface area (Å²) in [6, 6.07) is -0.911. The van der Waals surface area contributed by atoms with E-state index in [1.54, 1.807) is 6.08 Å². The van der Waals surface area contributed by atoms with Crippen LogP contribution >= 0.6 is 7.82 Å². The molecule has 2 N–H and O–H groups in total. The van der Waals surface area contributed by atoms with Gasteiger partial charge in [0.2, 0.25) is 5.91 Å². The smallest absolute Gasteiger partial charge is 0.268 e. The molecule has 0 spiro atoms. The Balaban J connectivity index is 3.94. The largest absolute Gasteiger partial charge is 0.756 e. The van der Waals surface area contributed by atoms with Crippen molar-refractivity contribution in [3.8, 4) is 0 Å². The number of hydrogen-bond acceptors (Lipinski definition) is 6. The summed E-state index contributed by atoms with van der Waals surface area (Å²) in [7, 11) is 1.25. The Morgan fingerprint density at radius 3 is 0.871 bits per heavy atom. The van der Waals surface area contributed by atoms with Gasteiger partial charge in [-0.05, 0) is 70.6 Å². The van der Waals surface area contributed by atoms with Crippen molar-refractivity contribution in [1.29, 1.82) is 0 Å². The van der Waals surface area contributed by atoms with Gasteiger partial charge < -0.3 is 28.8 Å². The average Bonchev–Trinajstić information content (AvgIpc) is 2.75. The summed E-state index contributed by atoms with van der Waals surface area (Å²) < 4.78 is 23.5. The highest BCUT2D eigenvalue weighted by molar-refractivity contribution is 7.45. The van der Waals surface area contributed by atoms with E-state index >= 15 is 0 Å². The molecule has 0 rings (SSSR count). The summed E-state index contributed by atoms with van der Waals surface area (Å²) in [5, 5.41) is 14.0. The molecule has 1 amide bonds. The van der Waals surface area contributed by atoms with E-state index in [1.165, 1.54) is 366 Å². The van der Waals surface area contributed by atoms with Gasteiger partial charge in [-0.1, -0.05) is 403 Å². The molecule has 0 heterocycles. The molecule has 3 atom stereocenters. The molecule has 0 aromatic carbocycles. The van der Waals surface area contributed by atoms with Crippen LogP contribution in [0.5, 0.6) is 0 Å². The lowest BCUT2D eigenvalue weighted by atomic mass is 10.0. The Morgan fingerprint density at radius 2 is 0.602 bits per heavy atom. The summed E-state index contributed by atoms with van der Waals surface area (Å²) in [5.74, 6) is -0.203. The first kappa shape index (κ1) is 91.5. The van der Waals surface area contributed by atoms with E-state index in [-0.39, 0.29) is 12.5 Å². The second-order valence-electron chi connectivity index (χ2n) is 29.8. The van der Waals surface area contributed by atoms with Crippen molar-refractivity contribution in [2.24, 2.45) is 0 Å². The van der Waals surface area contributed by atoms with Crippen LogP contribution < -0.4 is 10.2 Å². The molecule has 0 bridgehead atoms. The van der Waals surface area contributed by atoms with Gasteiger partial charge in [0.25, 0.3) is 7.82 Å². The molecule has 0 aliphatic rings. The number of rotatable bonds is 78. The molecular weight excluding hydrogens is 1160 g/mol. The zero-order valence-corrected chi connectivity index (χ0v) is 64.1. The van der Waals surface area contributed by atoms with Crippen LogP contribution in [-0.4, -0.2) is 68.5 Å². The van der Waals surface area contributed by atoms with Gasteiger partial charge >= 0.3 is 0 Å². The molecule has 8 nitrogen and oxygen atoms in total. The van der Waals surface area contributed by atoms with Gasteiger partial charge in [-0.3, -0.25) is 9.36 Å². The lowest BCUT2D eigenvalue weighted by molar-refractivity contribution is -0.870. The lowest BCUT2D eigenvalue weighted by Crippen LogP contribution is -2.45. The molecule has 0 aliphatic carbocycles. The van der Waals surface area contributed by atoms with Gasteiger partial charge in [-0.15, -0.1) is 0 Å². The van der Waals surface area contributed by atoms with Gasteiger partial charge in [-0.2, -0.15) is 0 Å². The van der Waals surface area contributed by atoms with E-state index in [2.05, 4.69) is 55.6 Å². The number of aliphatic hydroxyl groups excluding tert-OH is 1. The minimum atomic E-state index is -4.62. The van der Waals surface area contributed by atoms with Crippen molar-refractivity contribution in [3.05, 3.63) is 48.6 Å². The van der Waals surface area contributed by atoms with Crippen molar-refractivity contribution in [1.82, 2.24) is 5.32 Å². The number of likely N-dealkylation sites (N-methyl/N-ethyl adjacent to an activating group) is 1. The third kappa shape index (κ3) is 77.7. The van der Waals surface area contributed by atoms with Gasteiger partial charge in [0.15, 0.2) is 0 Å². The Labute approximate surface area is 581 Å². The normalized spacial score (nSPS) is 13.7. The fourth-order valence-electron chi connectivity index (χ4n) is 12.8. The topological polar surface area (TPSA) is 108 Å². The summed E-state index contributed by atoms with van der Waals surface area (Å²) in [6.07, 6.45) is 103. The Bertz CT molecular complexity index is 1660. The maximum absolute atomic E-state index is 13.1. The fourth-order valence-corrected chi connectivity index (χ4v) is 13.6. The average molecular weight is 1330 g/mol. The second kappa shape index (κ2) is 74.7. The summed E-state index contributed by atoms with van der Waals surface area (Å²) >= 11 is 0. The minimum absolute atomic E-state index is 0.00751. The number of carbonyl (C=O) groups is 1. The van der Waals surface area contributed by atoms with Crippen LogP contribution in [0.15, 0.2) is 48.6 Å². The minimum Gasteiger partial charge on any atom is -0.756 e. The molecule has 0 aliphatic heterocycles. The quantitative estimate of drug-likeness (QED) is 0.0272. The molecule has 550 valence electrons. The standard InChI is InChI=1S/C84H163N2O6P/c1-6-8-10-12-14-16-18-20-22-24-26-28-30-32-34-36-38-39-40-41-42-43-44-45-46-47-48-50-52-54-56-58-60-62-64-66-68-70-72-74-76-78-84(88)85-82(81-92-93(89,90)91-80-79-86(3,4)5)83(87)77-75-73-71-69-67-65-63-61-59-57-55-53-51-49-37-35-33-31-29-27-25-23-21-19-17-15-13-11-9-7-2/h24,26,59,61,67,69,75,77,82-83,87H,6-23,25,27-58,60,62-66,68,70-74,76,78-81H2,1-5H3,(H-,85,88,89,90)/b26-24-,61-59+,69-67+,77-75+. The van der Waals surface area contributed by atoms with E-state index in [4.69, 9.17) is 9.05 Å². The number of allylic oxidation sites excluding steroid dienone is 7. The first-order chi connectivity index (χ1) is 45.5. The van der Waals surface area contributed by atoms with E-state index in [9.17, 15) is 19.4 Å². The molecule has 0 radical (unpaired) electrons. The van der Waals surface area contributed by atoms with Crippen LogP contribution in [0, 0.1) is 0 Å². The number of nitrogens with zero attached hydrogens (tertiary/aromatic N) is 1. The molecule has 93 heavy (non-hydrogen) atoms. The highest BCUT2D eigenvalue weighted by Gasteiger charge is 2.23. The highest BCUT2D eigenvalue weighted by Crippen LogP contribution is 2.38. The predicted molar refractivity (Wildman–Crippen MR) is 408 cm³/mol. The Kier molecular flexibility index (Phi) is 73.4. The summed E-state index contributed by atoms with van der Waals surface area (Å²) in [6.45, 7) is 4.69. The van der Waals surface area contributed by atoms with Gasteiger partial charge in [-0.25, -0.2) is 0 Å². The number of carbonyl (C=O) groups excluding carboxylic acids is 1. The van der Waals surface area contributed by atoms with E-state index in [1.807, 2.05) is 27.2 Å². The number of amides is 1.